The van der Waals surface area contributed by atoms with Gasteiger partial charge in [0.25, 0.3) is 5.91 Å². The molecule has 2 aromatic rings. The Hall–Kier alpha value is -3.06. The van der Waals surface area contributed by atoms with Crippen LogP contribution in [0.25, 0.3) is 0 Å². The maximum Gasteiger partial charge on any atom is 0.254 e. The molecule has 0 atom stereocenters. The zero-order chi connectivity index (χ0) is 22.4. The Morgan fingerprint density at radius 2 is 1.77 bits per heavy atom. The Morgan fingerprint density at radius 3 is 2.45 bits per heavy atom. The second kappa shape index (κ2) is 10.3. The third-order valence-electron chi connectivity index (χ3n) is 5.62. The van der Waals surface area contributed by atoms with E-state index in [1.807, 2.05) is 43.9 Å². The van der Waals surface area contributed by atoms with Crippen LogP contribution in [-0.2, 0) is 4.79 Å². The van der Waals surface area contributed by atoms with Gasteiger partial charge in [-0.2, -0.15) is 0 Å². The number of hydrogen-bond acceptors (Lipinski definition) is 5. The van der Waals surface area contributed by atoms with Crippen LogP contribution in [-0.4, -0.2) is 68.1 Å². The van der Waals surface area contributed by atoms with Gasteiger partial charge in [0.15, 0.2) is 11.5 Å². The molecule has 0 unspecified atom stereocenters. The maximum absolute atomic E-state index is 12.9. The van der Waals surface area contributed by atoms with Gasteiger partial charge in [-0.3, -0.25) is 14.5 Å². The van der Waals surface area contributed by atoms with E-state index in [0.717, 1.165) is 16.8 Å². The zero-order valence-electron chi connectivity index (χ0n) is 18.7. The van der Waals surface area contributed by atoms with Crippen molar-refractivity contribution in [3.05, 3.63) is 53.1 Å². The van der Waals surface area contributed by atoms with Gasteiger partial charge >= 0.3 is 0 Å². The molecule has 31 heavy (non-hydrogen) atoms. The lowest BCUT2D eigenvalue weighted by atomic mass is 10.1. The van der Waals surface area contributed by atoms with E-state index in [2.05, 4.69) is 10.2 Å². The highest BCUT2D eigenvalue weighted by molar-refractivity contribution is 5.95. The van der Waals surface area contributed by atoms with Crippen molar-refractivity contribution < 1.29 is 19.1 Å². The molecule has 3 rings (SSSR count). The molecule has 0 aromatic heterocycles. The summed E-state index contributed by atoms with van der Waals surface area (Å²) in [5.41, 5.74) is 3.65. The normalized spacial score (nSPS) is 14.3. The van der Waals surface area contributed by atoms with Gasteiger partial charge in [-0.05, 0) is 56.2 Å². The molecule has 0 radical (unpaired) electrons. The number of methoxy groups -OCH3 is 1. The SMILES string of the molecule is CCOc1ccc(C(=O)N2CCN(CC(=O)Nc3cccc(C)c3C)CC2)cc1OC. The first-order chi connectivity index (χ1) is 14.9. The van der Waals surface area contributed by atoms with Gasteiger partial charge in [-0.15, -0.1) is 0 Å². The summed E-state index contributed by atoms with van der Waals surface area (Å²) in [6, 6.07) is 11.1. The molecule has 1 heterocycles. The van der Waals surface area contributed by atoms with E-state index in [1.165, 1.54) is 0 Å². The van der Waals surface area contributed by atoms with Crippen LogP contribution in [0.3, 0.4) is 0 Å². The number of benzene rings is 2. The average molecular weight is 426 g/mol. The fourth-order valence-corrected chi connectivity index (χ4v) is 3.65. The molecule has 0 bridgehead atoms. The van der Waals surface area contributed by atoms with Gasteiger partial charge < -0.3 is 19.7 Å². The highest BCUT2D eigenvalue weighted by atomic mass is 16.5. The van der Waals surface area contributed by atoms with Gasteiger partial charge in [0, 0.05) is 37.4 Å². The van der Waals surface area contributed by atoms with E-state index in [-0.39, 0.29) is 11.8 Å². The van der Waals surface area contributed by atoms with Crippen LogP contribution in [0.5, 0.6) is 11.5 Å². The Balaban J connectivity index is 1.53. The third kappa shape index (κ3) is 5.55. The molecule has 2 amide bonds. The van der Waals surface area contributed by atoms with Crippen LogP contribution < -0.4 is 14.8 Å². The smallest absolute Gasteiger partial charge is 0.254 e. The molecule has 166 valence electrons. The molecule has 1 aliphatic heterocycles. The predicted octanol–water partition coefficient (Wildman–Crippen LogP) is 3.11. The minimum Gasteiger partial charge on any atom is -0.493 e. The van der Waals surface area contributed by atoms with Crippen molar-refractivity contribution in [1.82, 2.24) is 9.80 Å². The van der Waals surface area contributed by atoms with Crippen molar-refractivity contribution in [2.24, 2.45) is 0 Å². The molecule has 0 spiro atoms. The predicted molar refractivity (Wildman–Crippen MR) is 121 cm³/mol. The molecule has 1 fully saturated rings. The first-order valence-electron chi connectivity index (χ1n) is 10.6. The number of carbonyl (C=O) groups excluding carboxylic acids is 2. The largest absolute Gasteiger partial charge is 0.493 e. The Labute approximate surface area is 183 Å². The van der Waals surface area contributed by atoms with Gasteiger partial charge in [0.2, 0.25) is 5.91 Å². The van der Waals surface area contributed by atoms with Crippen LogP contribution in [0.4, 0.5) is 5.69 Å². The fourth-order valence-electron chi connectivity index (χ4n) is 3.65. The van der Waals surface area contributed by atoms with Crippen LogP contribution in [0, 0.1) is 13.8 Å². The average Bonchev–Trinajstić information content (AvgIpc) is 2.77. The van der Waals surface area contributed by atoms with Crippen molar-refractivity contribution in [2.45, 2.75) is 20.8 Å². The van der Waals surface area contributed by atoms with Crippen LogP contribution >= 0.6 is 0 Å². The number of carbonyl (C=O) groups is 2. The number of nitrogens with one attached hydrogen (secondary N) is 1. The summed E-state index contributed by atoms with van der Waals surface area (Å²) in [6.07, 6.45) is 0. The van der Waals surface area contributed by atoms with E-state index in [4.69, 9.17) is 9.47 Å². The lowest BCUT2D eigenvalue weighted by Crippen LogP contribution is -2.50. The third-order valence-corrected chi connectivity index (χ3v) is 5.62. The second-order valence-corrected chi connectivity index (χ2v) is 7.66. The highest BCUT2D eigenvalue weighted by Crippen LogP contribution is 2.28. The van der Waals surface area contributed by atoms with Crippen molar-refractivity contribution in [3.8, 4) is 11.5 Å². The lowest BCUT2D eigenvalue weighted by molar-refractivity contribution is -0.117. The summed E-state index contributed by atoms with van der Waals surface area (Å²) in [7, 11) is 1.56. The summed E-state index contributed by atoms with van der Waals surface area (Å²) in [5, 5.41) is 3.00. The maximum atomic E-state index is 12.9. The van der Waals surface area contributed by atoms with Gasteiger partial charge in [0.05, 0.1) is 20.3 Å². The van der Waals surface area contributed by atoms with Crippen LogP contribution in [0.15, 0.2) is 36.4 Å². The molecule has 0 aliphatic carbocycles. The van der Waals surface area contributed by atoms with Crippen molar-refractivity contribution in [1.29, 1.82) is 0 Å². The van der Waals surface area contributed by atoms with Crippen molar-refractivity contribution >= 4 is 17.5 Å². The molecule has 2 aromatic carbocycles. The van der Waals surface area contributed by atoms with Crippen LogP contribution in [0.1, 0.15) is 28.4 Å². The minimum atomic E-state index is -0.0409. The number of anilines is 1. The molecule has 0 saturated carbocycles. The van der Waals surface area contributed by atoms with E-state index in [0.29, 0.717) is 56.4 Å². The highest BCUT2D eigenvalue weighted by Gasteiger charge is 2.24. The monoisotopic (exact) mass is 425 g/mol. The van der Waals surface area contributed by atoms with Crippen molar-refractivity contribution in [3.63, 3.8) is 0 Å². The zero-order valence-corrected chi connectivity index (χ0v) is 18.7. The van der Waals surface area contributed by atoms with E-state index < -0.39 is 0 Å². The minimum absolute atomic E-state index is 0.0373. The van der Waals surface area contributed by atoms with E-state index >= 15 is 0 Å². The molecule has 1 saturated heterocycles. The molecule has 1 aliphatic rings. The van der Waals surface area contributed by atoms with Crippen LogP contribution in [0.2, 0.25) is 0 Å². The summed E-state index contributed by atoms with van der Waals surface area (Å²) in [6.45, 7) is 9.23. The second-order valence-electron chi connectivity index (χ2n) is 7.66. The Bertz CT molecular complexity index is 936. The lowest BCUT2D eigenvalue weighted by Gasteiger charge is -2.34. The number of hydrogen-bond donors (Lipinski definition) is 1. The number of nitrogens with zero attached hydrogens (tertiary/aromatic N) is 2. The molecular formula is C24H31N3O4. The van der Waals surface area contributed by atoms with Crippen molar-refractivity contribution in [2.75, 3.05) is 51.8 Å². The van der Waals surface area contributed by atoms with E-state index in [1.54, 1.807) is 25.3 Å². The first-order valence-corrected chi connectivity index (χ1v) is 10.6. The number of aryl methyl sites for hydroxylation is 1. The number of piperazine rings is 1. The molecule has 7 nitrogen and oxygen atoms in total. The summed E-state index contributed by atoms with van der Waals surface area (Å²) >= 11 is 0. The van der Waals surface area contributed by atoms with Gasteiger partial charge in [-0.25, -0.2) is 0 Å². The van der Waals surface area contributed by atoms with Gasteiger partial charge in [0.1, 0.15) is 0 Å². The number of rotatable bonds is 7. The number of ether oxygens (including phenoxy) is 2. The molecular weight excluding hydrogens is 394 g/mol. The van der Waals surface area contributed by atoms with E-state index in [9.17, 15) is 9.59 Å². The number of amides is 2. The Morgan fingerprint density at radius 1 is 1.03 bits per heavy atom. The summed E-state index contributed by atoms with van der Waals surface area (Å²) in [4.78, 5) is 29.3. The fraction of sp³-hybridized carbons (Fsp3) is 0.417. The molecule has 1 N–H and O–H groups in total. The quantitative estimate of drug-likeness (QED) is 0.738. The molecule has 7 heteroatoms. The van der Waals surface area contributed by atoms with Gasteiger partial charge in [-0.1, -0.05) is 12.1 Å². The summed E-state index contributed by atoms with van der Waals surface area (Å²) in [5.74, 6) is 1.10. The summed E-state index contributed by atoms with van der Waals surface area (Å²) < 4.78 is 10.9. The standard InChI is InChI=1S/C24H31N3O4/c1-5-31-21-10-9-19(15-22(21)30-4)24(29)27-13-11-26(12-14-27)16-23(28)25-20-8-6-7-17(2)18(20)3/h6-10,15H,5,11-14,16H2,1-4H3,(H,25,28). The first kappa shape index (κ1) is 22.6. The topological polar surface area (TPSA) is 71.1 Å². The Kier molecular flexibility index (Phi) is 7.52.